The number of carbonyl (C=O) groups excluding carboxylic acids is 4. The third-order valence-corrected chi connectivity index (χ3v) is 2.87. The largest absolute Gasteiger partial charge is 0.296 e. The molecule has 0 bridgehead atoms. The fraction of sp³-hybridized carbons (Fsp3) is 0.143. The van der Waals surface area contributed by atoms with Crippen LogP contribution in [0.5, 0.6) is 0 Å². The monoisotopic (exact) mass is 272 g/mol. The van der Waals surface area contributed by atoms with E-state index in [9.17, 15) is 19.2 Å². The molecule has 0 saturated carbocycles. The molecule has 1 saturated heterocycles. The van der Waals surface area contributed by atoms with Crippen molar-refractivity contribution in [2.75, 3.05) is 0 Å². The Labute approximate surface area is 115 Å². The second-order valence-corrected chi connectivity index (χ2v) is 4.18. The molecule has 0 spiro atoms. The van der Waals surface area contributed by atoms with Crippen molar-refractivity contribution < 1.29 is 19.2 Å². The van der Waals surface area contributed by atoms with Crippen LogP contribution >= 0.6 is 0 Å². The lowest BCUT2D eigenvalue weighted by Gasteiger charge is -2.04. The number of nitrogens with zero attached hydrogens (tertiary/aromatic N) is 1. The number of hydrogen-bond donors (Lipinski definition) is 1. The lowest BCUT2D eigenvalue weighted by molar-refractivity contribution is -0.124. The molecule has 102 valence electrons. The van der Waals surface area contributed by atoms with E-state index in [0.29, 0.717) is 24.0 Å². The molecule has 20 heavy (non-hydrogen) atoms. The number of amides is 4. The van der Waals surface area contributed by atoms with Crippen LogP contribution in [-0.4, -0.2) is 28.5 Å². The fourth-order valence-electron chi connectivity index (χ4n) is 1.88. The fourth-order valence-corrected chi connectivity index (χ4v) is 1.88. The predicted molar refractivity (Wildman–Crippen MR) is 69.5 cm³/mol. The molecular formula is C14H12N2O4. The first-order valence-electron chi connectivity index (χ1n) is 5.96. The average Bonchev–Trinajstić information content (AvgIpc) is 2.93. The lowest BCUT2D eigenvalue weighted by atomic mass is 10.1. The summed E-state index contributed by atoms with van der Waals surface area (Å²) in [5.74, 6) is -0.888. The van der Waals surface area contributed by atoms with Crippen LogP contribution in [0.25, 0.3) is 0 Å². The molecule has 2 heterocycles. The van der Waals surface area contributed by atoms with Gasteiger partial charge < -0.3 is 0 Å². The van der Waals surface area contributed by atoms with Gasteiger partial charge >= 0.3 is 0 Å². The van der Waals surface area contributed by atoms with Crippen LogP contribution in [-0.2, 0) is 9.59 Å². The van der Waals surface area contributed by atoms with Gasteiger partial charge in [0.15, 0.2) is 0 Å². The molecule has 2 aliphatic heterocycles. The summed E-state index contributed by atoms with van der Waals surface area (Å²) >= 11 is 0. The van der Waals surface area contributed by atoms with Gasteiger partial charge in [0.05, 0.1) is 11.1 Å². The summed E-state index contributed by atoms with van der Waals surface area (Å²) in [6.45, 7) is 3.41. The van der Waals surface area contributed by atoms with E-state index < -0.39 is 0 Å². The molecule has 1 aromatic rings. The maximum absolute atomic E-state index is 11.5. The summed E-state index contributed by atoms with van der Waals surface area (Å²) in [6, 6.07) is 6.74. The summed E-state index contributed by atoms with van der Waals surface area (Å²) < 4.78 is 0. The molecule has 1 fully saturated rings. The summed E-state index contributed by atoms with van der Waals surface area (Å²) in [7, 11) is 0. The van der Waals surface area contributed by atoms with Crippen LogP contribution < -0.4 is 5.32 Å². The topological polar surface area (TPSA) is 83.6 Å². The number of imide groups is 2. The normalized spacial score (nSPS) is 16.5. The van der Waals surface area contributed by atoms with Crippen molar-refractivity contribution in [1.82, 2.24) is 10.2 Å². The van der Waals surface area contributed by atoms with Crippen molar-refractivity contribution >= 4 is 23.6 Å². The minimum atomic E-state index is -0.296. The van der Waals surface area contributed by atoms with Crippen molar-refractivity contribution in [3.8, 4) is 0 Å². The second kappa shape index (κ2) is 5.48. The highest BCUT2D eigenvalue weighted by Crippen LogP contribution is 2.21. The van der Waals surface area contributed by atoms with Crippen molar-refractivity contribution in [2.24, 2.45) is 0 Å². The Morgan fingerprint density at radius 1 is 0.950 bits per heavy atom. The third-order valence-electron chi connectivity index (χ3n) is 2.87. The van der Waals surface area contributed by atoms with Crippen LogP contribution in [0, 0.1) is 0 Å². The highest BCUT2D eigenvalue weighted by Gasteiger charge is 2.32. The van der Waals surface area contributed by atoms with Gasteiger partial charge in [0, 0.05) is 19.0 Å². The van der Waals surface area contributed by atoms with Crippen LogP contribution in [0.1, 0.15) is 33.6 Å². The maximum Gasteiger partial charge on any atom is 0.265 e. The zero-order chi connectivity index (χ0) is 14.7. The second-order valence-electron chi connectivity index (χ2n) is 4.18. The average molecular weight is 272 g/mol. The van der Waals surface area contributed by atoms with Crippen molar-refractivity contribution in [3.63, 3.8) is 0 Å². The highest BCUT2D eigenvalue weighted by molar-refractivity contribution is 6.21. The summed E-state index contributed by atoms with van der Waals surface area (Å²) in [6.07, 6.45) is 1.99. The van der Waals surface area contributed by atoms with Gasteiger partial charge in [-0.2, -0.15) is 0 Å². The highest BCUT2D eigenvalue weighted by atomic mass is 16.2. The van der Waals surface area contributed by atoms with E-state index in [-0.39, 0.29) is 23.6 Å². The van der Waals surface area contributed by atoms with E-state index in [0.717, 1.165) is 4.90 Å². The van der Waals surface area contributed by atoms with Crippen molar-refractivity contribution in [1.29, 1.82) is 0 Å². The van der Waals surface area contributed by atoms with Gasteiger partial charge in [0.25, 0.3) is 11.8 Å². The molecule has 3 rings (SSSR count). The van der Waals surface area contributed by atoms with Gasteiger partial charge in [-0.1, -0.05) is 18.7 Å². The Balaban J connectivity index is 0.000000178. The van der Waals surface area contributed by atoms with Gasteiger partial charge in [-0.15, -0.1) is 0 Å². The molecular weight excluding hydrogens is 260 g/mol. The first kappa shape index (κ1) is 13.7. The summed E-state index contributed by atoms with van der Waals surface area (Å²) in [4.78, 5) is 44.2. The summed E-state index contributed by atoms with van der Waals surface area (Å²) in [5, 5.41) is 2.14. The molecule has 4 amide bonds. The van der Waals surface area contributed by atoms with Crippen LogP contribution in [0.2, 0.25) is 0 Å². The zero-order valence-corrected chi connectivity index (χ0v) is 10.6. The number of benzene rings is 1. The van der Waals surface area contributed by atoms with Crippen LogP contribution in [0.3, 0.4) is 0 Å². The van der Waals surface area contributed by atoms with Crippen molar-refractivity contribution in [3.05, 3.63) is 48.2 Å². The van der Waals surface area contributed by atoms with Gasteiger partial charge in [0.1, 0.15) is 0 Å². The molecule has 0 unspecified atom stereocenters. The van der Waals surface area contributed by atoms with E-state index in [4.69, 9.17) is 0 Å². The Morgan fingerprint density at radius 3 is 1.70 bits per heavy atom. The van der Waals surface area contributed by atoms with E-state index in [1.807, 2.05) is 0 Å². The Bertz CT molecular complexity index is 572. The maximum atomic E-state index is 11.5. The smallest absolute Gasteiger partial charge is 0.265 e. The Kier molecular flexibility index (Phi) is 3.74. The molecule has 1 N–H and O–H groups in total. The minimum absolute atomic E-state index is 0.148. The number of fused-ring (bicyclic) bond motifs is 1. The standard InChI is InChI=1S/C10H7NO2.C4H5NO2/c1-2-11-9(12)7-5-3-4-6-8(7)10(11)13;6-3-1-2-4(7)5-3/h2-6H,1H2;1-2H2,(H,5,6,7). The van der Waals surface area contributed by atoms with Crippen LogP contribution in [0.15, 0.2) is 37.0 Å². The van der Waals surface area contributed by atoms with Gasteiger partial charge in [-0.05, 0) is 12.1 Å². The van der Waals surface area contributed by atoms with E-state index >= 15 is 0 Å². The minimum Gasteiger partial charge on any atom is -0.296 e. The first-order valence-corrected chi connectivity index (χ1v) is 5.96. The lowest BCUT2D eigenvalue weighted by Crippen LogP contribution is -2.22. The third kappa shape index (κ3) is 2.49. The predicted octanol–water partition coefficient (Wildman–Crippen LogP) is 0.849. The summed E-state index contributed by atoms with van der Waals surface area (Å²) in [5.41, 5.74) is 0.903. The Hall–Kier alpha value is -2.76. The number of nitrogens with one attached hydrogen (secondary N) is 1. The van der Waals surface area contributed by atoms with Gasteiger partial charge in [-0.3, -0.25) is 24.5 Å². The molecule has 1 aromatic carbocycles. The molecule has 0 atom stereocenters. The van der Waals surface area contributed by atoms with Gasteiger partial charge in [-0.25, -0.2) is 4.90 Å². The Morgan fingerprint density at radius 2 is 1.40 bits per heavy atom. The first-order chi connectivity index (χ1) is 9.54. The number of carbonyl (C=O) groups is 4. The number of hydrogen-bond acceptors (Lipinski definition) is 4. The van der Waals surface area contributed by atoms with Gasteiger partial charge in [0.2, 0.25) is 11.8 Å². The van der Waals surface area contributed by atoms with Crippen molar-refractivity contribution in [2.45, 2.75) is 12.8 Å². The molecule has 6 heteroatoms. The quantitative estimate of drug-likeness (QED) is 0.768. The van der Waals surface area contributed by atoms with Crippen LogP contribution in [0.4, 0.5) is 0 Å². The molecule has 6 nitrogen and oxygen atoms in total. The molecule has 0 aromatic heterocycles. The number of rotatable bonds is 1. The zero-order valence-electron chi connectivity index (χ0n) is 10.6. The molecule has 2 aliphatic rings. The van der Waals surface area contributed by atoms with E-state index in [1.165, 1.54) is 6.20 Å². The molecule has 0 radical (unpaired) electrons. The SMILES string of the molecule is C=CN1C(=O)c2ccccc2C1=O.O=C1CCC(=O)N1. The van der Waals surface area contributed by atoms with E-state index in [2.05, 4.69) is 11.9 Å². The van der Waals surface area contributed by atoms with E-state index in [1.54, 1.807) is 24.3 Å². The molecule has 0 aliphatic carbocycles.